The van der Waals surface area contributed by atoms with Gasteiger partial charge in [0, 0.05) is 30.5 Å². The highest BCUT2D eigenvalue weighted by atomic mass is 32.2. The Balaban J connectivity index is 1.61. The van der Waals surface area contributed by atoms with E-state index in [4.69, 9.17) is 4.74 Å². The van der Waals surface area contributed by atoms with Gasteiger partial charge >= 0.3 is 0 Å². The van der Waals surface area contributed by atoms with Crippen molar-refractivity contribution in [3.8, 4) is 5.75 Å². The summed E-state index contributed by atoms with van der Waals surface area (Å²) in [5.41, 5.74) is 4.37. The van der Waals surface area contributed by atoms with Gasteiger partial charge in [-0.05, 0) is 63.1 Å². The van der Waals surface area contributed by atoms with Crippen LogP contribution in [0, 0.1) is 27.7 Å². The third-order valence-electron chi connectivity index (χ3n) is 5.08. The number of benzene rings is 2. The van der Waals surface area contributed by atoms with Crippen molar-refractivity contribution in [2.45, 2.75) is 32.6 Å². The van der Waals surface area contributed by atoms with Gasteiger partial charge in [-0.2, -0.15) is 4.98 Å². The quantitative estimate of drug-likeness (QED) is 0.421. The SMILES string of the molecule is COc1ccc(S(=O)(=O)NCCNc2nc(C)cc(Nc3ccc(C)cc3)n2)c(C)c1C. The van der Waals surface area contributed by atoms with Crippen LogP contribution in [0.4, 0.5) is 17.5 Å². The molecule has 0 fully saturated rings. The molecule has 3 rings (SSSR count). The average molecular weight is 456 g/mol. The summed E-state index contributed by atoms with van der Waals surface area (Å²) < 4.78 is 33.3. The first-order valence-corrected chi connectivity index (χ1v) is 11.7. The Morgan fingerprint density at radius 1 is 0.906 bits per heavy atom. The fraction of sp³-hybridized carbons (Fsp3) is 0.304. The van der Waals surface area contributed by atoms with E-state index in [2.05, 4.69) is 25.3 Å². The van der Waals surface area contributed by atoms with E-state index in [1.165, 1.54) is 5.56 Å². The first-order valence-electron chi connectivity index (χ1n) is 10.3. The molecule has 0 saturated heterocycles. The fourth-order valence-corrected chi connectivity index (χ4v) is 4.55. The van der Waals surface area contributed by atoms with Crippen molar-refractivity contribution in [3.05, 3.63) is 64.8 Å². The van der Waals surface area contributed by atoms with Crippen LogP contribution in [0.1, 0.15) is 22.4 Å². The second kappa shape index (κ2) is 9.97. The number of hydrogen-bond acceptors (Lipinski definition) is 7. The number of ether oxygens (including phenoxy) is 1. The van der Waals surface area contributed by atoms with Crippen LogP contribution in [0.5, 0.6) is 5.75 Å². The molecule has 0 saturated carbocycles. The minimum absolute atomic E-state index is 0.185. The molecule has 32 heavy (non-hydrogen) atoms. The molecule has 0 radical (unpaired) electrons. The minimum Gasteiger partial charge on any atom is -0.496 e. The molecule has 0 unspecified atom stereocenters. The second-order valence-electron chi connectivity index (χ2n) is 7.55. The largest absolute Gasteiger partial charge is 0.496 e. The number of aromatic nitrogens is 2. The minimum atomic E-state index is -3.65. The molecule has 0 aliphatic heterocycles. The van der Waals surface area contributed by atoms with Crippen molar-refractivity contribution in [2.24, 2.45) is 0 Å². The van der Waals surface area contributed by atoms with Crippen LogP contribution in [-0.4, -0.2) is 38.6 Å². The molecule has 0 aliphatic rings. The highest BCUT2D eigenvalue weighted by Crippen LogP contribution is 2.26. The average Bonchev–Trinajstić information content (AvgIpc) is 2.74. The van der Waals surface area contributed by atoms with Gasteiger partial charge in [0.05, 0.1) is 12.0 Å². The van der Waals surface area contributed by atoms with E-state index in [1.54, 1.807) is 26.2 Å². The van der Waals surface area contributed by atoms with Crippen molar-refractivity contribution in [1.29, 1.82) is 0 Å². The zero-order valence-corrected chi connectivity index (χ0v) is 19.8. The normalized spacial score (nSPS) is 11.3. The van der Waals surface area contributed by atoms with Crippen molar-refractivity contribution in [2.75, 3.05) is 30.8 Å². The molecule has 170 valence electrons. The van der Waals surface area contributed by atoms with E-state index < -0.39 is 10.0 Å². The molecule has 0 amide bonds. The van der Waals surface area contributed by atoms with E-state index >= 15 is 0 Å². The lowest BCUT2D eigenvalue weighted by Crippen LogP contribution is -2.30. The maximum absolute atomic E-state index is 12.7. The molecule has 1 heterocycles. The molecule has 0 aliphatic carbocycles. The predicted molar refractivity (Wildman–Crippen MR) is 127 cm³/mol. The van der Waals surface area contributed by atoms with Gasteiger partial charge in [-0.3, -0.25) is 0 Å². The molecular weight excluding hydrogens is 426 g/mol. The van der Waals surface area contributed by atoms with E-state index in [0.717, 1.165) is 16.9 Å². The van der Waals surface area contributed by atoms with Gasteiger partial charge in [0.25, 0.3) is 0 Å². The third-order valence-corrected chi connectivity index (χ3v) is 6.68. The highest BCUT2D eigenvalue weighted by Gasteiger charge is 2.19. The number of methoxy groups -OCH3 is 1. The monoisotopic (exact) mass is 455 g/mol. The van der Waals surface area contributed by atoms with E-state index in [1.807, 2.05) is 51.1 Å². The van der Waals surface area contributed by atoms with Gasteiger partial charge in [-0.25, -0.2) is 18.1 Å². The summed E-state index contributed by atoms with van der Waals surface area (Å²) in [5, 5.41) is 6.34. The molecular formula is C23H29N5O3S. The van der Waals surface area contributed by atoms with Crippen LogP contribution in [-0.2, 0) is 10.0 Å². The molecule has 1 aromatic heterocycles. The summed E-state index contributed by atoms with van der Waals surface area (Å²) in [6, 6.07) is 13.1. The van der Waals surface area contributed by atoms with Crippen molar-refractivity contribution in [1.82, 2.24) is 14.7 Å². The first-order chi connectivity index (χ1) is 15.2. The molecule has 3 N–H and O–H groups in total. The van der Waals surface area contributed by atoms with E-state index in [9.17, 15) is 8.42 Å². The number of aryl methyl sites for hydroxylation is 2. The molecule has 2 aromatic carbocycles. The zero-order chi connectivity index (χ0) is 23.3. The number of rotatable bonds is 9. The predicted octanol–water partition coefficient (Wildman–Crippen LogP) is 3.85. The summed E-state index contributed by atoms with van der Waals surface area (Å²) >= 11 is 0. The van der Waals surface area contributed by atoms with Crippen LogP contribution in [0.3, 0.4) is 0 Å². The first kappa shape index (κ1) is 23.5. The lowest BCUT2D eigenvalue weighted by Gasteiger charge is -2.14. The Morgan fingerprint density at radius 3 is 2.31 bits per heavy atom. The number of anilines is 3. The number of sulfonamides is 1. The number of nitrogens with zero attached hydrogens (tertiary/aromatic N) is 2. The third kappa shape index (κ3) is 5.74. The summed E-state index contributed by atoms with van der Waals surface area (Å²) in [6.07, 6.45) is 0. The Kier molecular flexibility index (Phi) is 7.32. The fourth-order valence-electron chi connectivity index (χ4n) is 3.22. The second-order valence-corrected chi connectivity index (χ2v) is 9.29. The molecule has 0 atom stereocenters. The molecule has 9 heteroatoms. The summed E-state index contributed by atoms with van der Waals surface area (Å²) in [7, 11) is -2.09. The van der Waals surface area contributed by atoms with Gasteiger partial charge in [0.2, 0.25) is 16.0 Å². The van der Waals surface area contributed by atoms with Crippen LogP contribution in [0.15, 0.2) is 47.4 Å². The Morgan fingerprint density at radius 2 is 1.62 bits per heavy atom. The van der Waals surface area contributed by atoms with Crippen LogP contribution >= 0.6 is 0 Å². The maximum Gasteiger partial charge on any atom is 0.240 e. The van der Waals surface area contributed by atoms with E-state index in [0.29, 0.717) is 29.6 Å². The van der Waals surface area contributed by atoms with Crippen molar-refractivity contribution >= 4 is 27.5 Å². The van der Waals surface area contributed by atoms with Crippen molar-refractivity contribution in [3.63, 3.8) is 0 Å². The number of nitrogens with one attached hydrogen (secondary N) is 3. The zero-order valence-electron chi connectivity index (χ0n) is 19.0. The summed E-state index contributed by atoms with van der Waals surface area (Å²) in [6.45, 7) is 8.04. The molecule has 0 bridgehead atoms. The van der Waals surface area contributed by atoms with Crippen LogP contribution in [0.25, 0.3) is 0 Å². The van der Waals surface area contributed by atoms with E-state index in [-0.39, 0.29) is 11.4 Å². The standard InChI is InChI=1S/C23H29N5O3S/c1-15-6-8-19(9-7-15)27-22-14-16(2)26-23(28-22)24-12-13-25-32(29,30)21-11-10-20(31-5)17(3)18(21)4/h6-11,14,25H,12-13H2,1-5H3,(H2,24,26,27,28). The topological polar surface area (TPSA) is 105 Å². The smallest absolute Gasteiger partial charge is 0.240 e. The maximum atomic E-state index is 12.7. The number of hydrogen-bond donors (Lipinski definition) is 3. The Hall–Kier alpha value is -3.17. The molecule has 3 aromatic rings. The lowest BCUT2D eigenvalue weighted by molar-refractivity contribution is 0.410. The summed E-state index contributed by atoms with van der Waals surface area (Å²) in [4.78, 5) is 9.08. The lowest BCUT2D eigenvalue weighted by atomic mass is 10.1. The molecule has 8 nitrogen and oxygen atoms in total. The Labute approximate surface area is 189 Å². The van der Waals surface area contributed by atoms with Crippen LogP contribution < -0.4 is 20.1 Å². The Bertz CT molecular complexity index is 1190. The van der Waals surface area contributed by atoms with Gasteiger partial charge < -0.3 is 15.4 Å². The van der Waals surface area contributed by atoms with Gasteiger partial charge in [-0.1, -0.05) is 17.7 Å². The summed E-state index contributed by atoms with van der Waals surface area (Å²) in [5.74, 6) is 1.75. The van der Waals surface area contributed by atoms with Crippen molar-refractivity contribution < 1.29 is 13.2 Å². The van der Waals surface area contributed by atoms with Gasteiger partial charge in [0.1, 0.15) is 11.6 Å². The van der Waals surface area contributed by atoms with Crippen LogP contribution in [0.2, 0.25) is 0 Å². The molecule has 0 spiro atoms. The highest BCUT2D eigenvalue weighted by molar-refractivity contribution is 7.89. The van der Waals surface area contributed by atoms with Gasteiger partial charge in [0.15, 0.2) is 0 Å². The van der Waals surface area contributed by atoms with Gasteiger partial charge in [-0.15, -0.1) is 0 Å².